The second kappa shape index (κ2) is 21.7. The van der Waals surface area contributed by atoms with Gasteiger partial charge in [0.1, 0.15) is 5.75 Å². The molecule has 2 aliphatic rings. The van der Waals surface area contributed by atoms with Crippen LogP contribution >= 0.6 is 0 Å². The van der Waals surface area contributed by atoms with E-state index in [0.717, 1.165) is 34.6 Å². The Balaban J connectivity index is 1.77. The Morgan fingerprint density at radius 2 is 1.26 bits per heavy atom. The molecule has 0 spiro atoms. The molecule has 0 saturated heterocycles. The van der Waals surface area contributed by atoms with Crippen molar-refractivity contribution >= 4 is 11.9 Å². The lowest BCUT2D eigenvalue weighted by atomic mass is 9.67. The number of unbranched alkanes of at least 4 members (excludes halogenated alkanes) is 2. The molecular weight excluding hydrogens is 628 g/mol. The summed E-state index contributed by atoms with van der Waals surface area (Å²) < 4.78 is 17.4. The van der Waals surface area contributed by atoms with Crippen LogP contribution < -0.4 is 4.74 Å². The average Bonchev–Trinajstić information content (AvgIpc) is 3.12. The summed E-state index contributed by atoms with van der Waals surface area (Å²) >= 11 is 0. The van der Waals surface area contributed by atoms with Gasteiger partial charge in [-0.1, -0.05) is 77.7 Å². The molecule has 1 aromatic carbocycles. The molecule has 0 atom stereocenters. The Morgan fingerprint density at radius 3 is 1.72 bits per heavy atom. The highest BCUT2D eigenvalue weighted by molar-refractivity contribution is 5.87. The van der Waals surface area contributed by atoms with Gasteiger partial charge in [-0.25, -0.2) is 9.59 Å². The number of hydrogen-bond acceptors (Lipinski definition) is 7. The summed E-state index contributed by atoms with van der Waals surface area (Å²) in [5.74, 6) is 3.20. The van der Waals surface area contributed by atoms with Crippen molar-refractivity contribution in [2.45, 2.75) is 143 Å². The zero-order chi connectivity index (χ0) is 36.5. The van der Waals surface area contributed by atoms with Crippen LogP contribution in [0.2, 0.25) is 0 Å². The highest BCUT2D eigenvalue weighted by Gasteiger charge is 2.32. The van der Waals surface area contributed by atoms with E-state index in [9.17, 15) is 19.8 Å². The van der Waals surface area contributed by atoms with E-state index in [0.29, 0.717) is 69.0 Å². The first kappa shape index (κ1) is 41.8. The van der Waals surface area contributed by atoms with Gasteiger partial charge in [0.15, 0.2) is 0 Å². The number of aliphatic hydroxyl groups excluding tert-OH is 2. The van der Waals surface area contributed by atoms with E-state index in [1.54, 1.807) is 13.8 Å². The van der Waals surface area contributed by atoms with Crippen molar-refractivity contribution in [3.05, 3.63) is 53.1 Å². The third-order valence-corrected chi connectivity index (χ3v) is 11.3. The summed E-state index contributed by atoms with van der Waals surface area (Å²) in [6.45, 7) is 15.5. The molecule has 7 heteroatoms. The van der Waals surface area contributed by atoms with Crippen molar-refractivity contribution in [3.63, 3.8) is 0 Å². The van der Waals surface area contributed by atoms with Crippen LogP contribution in [-0.4, -0.2) is 55.2 Å². The first-order valence-electron chi connectivity index (χ1n) is 19.7. The fourth-order valence-electron chi connectivity index (χ4n) is 7.84. The van der Waals surface area contributed by atoms with Gasteiger partial charge in [0.25, 0.3) is 0 Å². The third kappa shape index (κ3) is 13.5. The fourth-order valence-corrected chi connectivity index (χ4v) is 7.84. The van der Waals surface area contributed by atoms with Gasteiger partial charge >= 0.3 is 11.9 Å². The summed E-state index contributed by atoms with van der Waals surface area (Å²) in [4.78, 5) is 24.1. The standard InChI is InChI=1S/C43H68O7/c1-7-8-9-12-33-15-17-34(18-16-33)35-19-21-36(22-20-35)39-27-37(13-10-24-49-41(46)31(2)3)40(48-26-23-43(6,29-44)30-45)38(28-39)14-11-25-50-42(47)32(4)5/h27-28,33-36,44-45H,2,4,7-26,29-30H2,1,3,5-6H3. The molecule has 0 aromatic heterocycles. The molecule has 0 aliphatic heterocycles. The average molecular weight is 697 g/mol. The van der Waals surface area contributed by atoms with Gasteiger partial charge < -0.3 is 24.4 Å². The van der Waals surface area contributed by atoms with E-state index >= 15 is 0 Å². The minimum Gasteiger partial charge on any atom is -0.493 e. The Morgan fingerprint density at radius 1 is 0.760 bits per heavy atom. The zero-order valence-corrected chi connectivity index (χ0v) is 31.9. The molecule has 2 saturated carbocycles. The monoisotopic (exact) mass is 696 g/mol. The van der Waals surface area contributed by atoms with Crippen molar-refractivity contribution in [1.29, 1.82) is 0 Å². The number of aliphatic hydroxyl groups is 2. The number of carbonyl (C=O) groups excluding carboxylic acids is 2. The van der Waals surface area contributed by atoms with E-state index in [-0.39, 0.29) is 25.2 Å². The van der Waals surface area contributed by atoms with Crippen LogP contribution in [0, 0.1) is 23.2 Å². The lowest BCUT2D eigenvalue weighted by Crippen LogP contribution is -2.28. The van der Waals surface area contributed by atoms with Crippen LogP contribution in [0.5, 0.6) is 5.75 Å². The van der Waals surface area contributed by atoms with Crippen molar-refractivity contribution in [2.75, 3.05) is 33.0 Å². The molecule has 2 fully saturated rings. The molecule has 0 heterocycles. The van der Waals surface area contributed by atoms with Gasteiger partial charge in [-0.05, 0) is 125 Å². The zero-order valence-electron chi connectivity index (χ0n) is 31.9. The maximum Gasteiger partial charge on any atom is 0.333 e. The molecule has 0 bridgehead atoms. The number of benzene rings is 1. The van der Waals surface area contributed by atoms with Crippen LogP contribution in [0.15, 0.2) is 36.4 Å². The number of ether oxygens (including phenoxy) is 3. The molecule has 282 valence electrons. The normalized spacial score (nSPS) is 21.0. The predicted molar refractivity (Wildman–Crippen MR) is 201 cm³/mol. The Kier molecular flexibility index (Phi) is 18.1. The van der Waals surface area contributed by atoms with Gasteiger partial charge in [0.2, 0.25) is 0 Å². The maximum atomic E-state index is 12.0. The molecule has 0 radical (unpaired) electrons. The summed E-state index contributed by atoms with van der Waals surface area (Å²) in [6.07, 6.45) is 19.3. The van der Waals surface area contributed by atoms with Crippen molar-refractivity contribution in [2.24, 2.45) is 23.2 Å². The Hall–Kier alpha value is -2.64. The number of carbonyl (C=O) groups is 2. The van der Waals surface area contributed by atoms with Crippen LogP contribution in [-0.2, 0) is 31.9 Å². The van der Waals surface area contributed by atoms with Gasteiger partial charge in [-0.15, -0.1) is 0 Å². The topological polar surface area (TPSA) is 102 Å². The minimum atomic E-state index is -0.638. The quantitative estimate of drug-likeness (QED) is 0.0708. The molecule has 2 N–H and O–H groups in total. The van der Waals surface area contributed by atoms with Crippen LogP contribution in [0.25, 0.3) is 0 Å². The molecule has 50 heavy (non-hydrogen) atoms. The van der Waals surface area contributed by atoms with E-state index < -0.39 is 5.41 Å². The van der Waals surface area contributed by atoms with Gasteiger partial charge in [-0.2, -0.15) is 0 Å². The third-order valence-electron chi connectivity index (χ3n) is 11.3. The SMILES string of the molecule is C=C(C)C(=O)OCCCc1cc(C2CCC(C3CCC(CCCCC)CC3)CC2)cc(CCCOC(=O)C(=C)C)c1OCCC(C)(CO)CO. The Bertz CT molecular complexity index is 1160. The van der Waals surface area contributed by atoms with Gasteiger partial charge in [0, 0.05) is 16.6 Å². The second-order valence-electron chi connectivity index (χ2n) is 15.8. The minimum absolute atomic E-state index is 0.128. The summed E-state index contributed by atoms with van der Waals surface area (Å²) in [7, 11) is 0. The van der Waals surface area contributed by atoms with Crippen molar-refractivity contribution in [1.82, 2.24) is 0 Å². The largest absolute Gasteiger partial charge is 0.493 e. The summed E-state index contributed by atoms with van der Waals surface area (Å²) in [5, 5.41) is 19.7. The molecule has 0 unspecified atom stereocenters. The van der Waals surface area contributed by atoms with E-state index in [1.165, 1.54) is 82.6 Å². The van der Waals surface area contributed by atoms with Crippen molar-refractivity contribution in [3.8, 4) is 5.75 Å². The van der Waals surface area contributed by atoms with E-state index in [2.05, 4.69) is 32.2 Å². The fraction of sp³-hybridized carbons (Fsp3) is 0.721. The number of esters is 2. The molecule has 3 rings (SSSR count). The van der Waals surface area contributed by atoms with Crippen LogP contribution in [0.3, 0.4) is 0 Å². The Labute approximate surface area is 303 Å². The lowest BCUT2D eigenvalue weighted by molar-refractivity contribution is -0.139. The molecule has 0 amide bonds. The highest BCUT2D eigenvalue weighted by Crippen LogP contribution is 2.45. The maximum absolute atomic E-state index is 12.0. The summed E-state index contributed by atoms with van der Waals surface area (Å²) in [5.41, 5.74) is 3.64. The number of aryl methyl sites for hydroxylation is 2. The van der Waals surface area contributed by atoms with Crippen LogP contribution in [0.4, 0.5) is 0 Å². The molecule has 2 aliphatic carbocycles. The molecule has 1 aromatic rings. The van der Waals surface area contributed by atoms with Gasteiger partial charge in [0.05, 0.1) is 33.0 Å². The van der Waals surface area contributed by atoms with Crippen LogP contribution in [0.1, 0.15) is 147 Å². The summed E-state index contributed by atoms with van der Waals surface area (Å²) in [6, 6.07) is 4.62. The predicted octanol–water partition coefficient (Wildman–Crippen LogP) is 9.21. The molecular formula is C43H68O7. The van der Waals surface area contributed by atoms with E-state index in [1.807, 2.05) is 6.92 Å². The molecule has 7 nitrogen and oxygen atoms in total. The highest BCUT2D eigenvalue weighted by atomic mass is 16.5. The first-order valence-corrected chi connectivity index (χ1v) is 19.7. The smallest absolute Gasteiger partial charge is 0.333 e. The first-order chi connectivity index (χ1) is 24.0. The van der Waals surface area contributed by atoms with Crippen molar-refractivity contribution < 1.29 is 34.0 Å². The van der Waals surface area contributed by atoms with E-state index in [4.69, 9.17) is 14.2 Å². The second-order valence-corrected chi connectivity index (χ2v) is 15.8. The number of rotatable bonds is 22. The van der Waals surface area contributed by atoms with Gasteiger partial charge in [-0.3, -0.25) is 0 Å². The number of hydrogen-bond donors (Lipinski definition) is 2. The lowest BCUT2D eigenvalue weighted by Gasteiger charge is -2.38.